The Morgan fingerprint density at radius 2 is 2.10 bits per heavy atom. The maximum atomic E-state index is 12.4. The molecule has 1 aliphatic heterocycles. The van der Waals surface area contributed by atoms with Crippen LogP contribution in [0.15, 0.2) is 24.3 Å². The van der Waals surface area contributed by atoms with Gasteiger partial charge in [0.1, 0.15) is 5.75 Å². The van der Waals surface area contributed by atoms with E-state index in [1.54, 1.807) is 0 Å². The Morgan fingerprint density at radius 3 is 2.70 bits per heavy atom. The molecule has 2 N–H and O–H groups in total. The molecule has 1 atom stereocenters. The molecule has 1 aliphatic rings. The van der Waals surface area contributed by atoms with Crippen LogP contribution in [0.2, 0.25) is 0 Å². The van der Waals surface area contributed by atoms with Crippen molar-refractivity contribution >= 4 is 11.6 Å². The van der Waals surface area contributed by atoms with Gasteiger partial charge in [-0.1, -0.05) is 13.8 Å². The Balaban J connectivity index is 2.00. The number of hydrogen-bond donors (Lipinski definition) is 2. The smallest absolute Gasteiger partial charge is 0.242 e. The van der Waals surface area contributed by atoms with Crippen LogP contribution in [0.4, 0.5) is 5.69 Å². The van der Waals surface area contributed by atoms with E-state index in [0.717, 1.165) is 30.8 Å². The fraction of sp³-hybridized carbons (Fsp3) is 0.562. The minimum Gasteiger partial charge on any atom is -0.494 e. The van der Waals surface area contributed by atoms with Crippen LogP contribution in [0, 0.1) is 5.41 Å². The van der Waals surface area contributed by atoms with Crippen molar-refractivity contribution in [3.05, 3.63) is 24.3 Å². The predicted octanol–water partition coefficient (Wildman–Crippen LogP) is 2.80. The summed E-state index contributed by atoms with van der Waals surface area (Å²) in [4.78, 5) is 12.4. The highest BCUT2D eigenvalue weighted by Crippen LogP contribution is 2.30. The molecule has 0 aliphatic carbocycles. The van der Waals surface area contributed by atoms with E-state index in [9.17, 15) is 4.79 Å². The van der Waals surface area contributed by atoms with Gasteiger partial charge in [-0.15, -0.1) is 0 Å². The van der Waals surface area contributed by atoms with Crippen LogP contribution in [0.25, 0.3) is 0 Å². The van der Waals surface area contributed by atoms with Gasteiger partial charge < -0.3 is 15.4 Å². The summed E-state index contributed by atoms with van der Waals surface area (Å²) in [5.41, 5.74) is 0.801. The van der Waals surface area contributed by atoms with E-state index >= 15 is 0 Å². The lowest BCUT2D eigenvalue weighted by atomic mass is 9.77. The van der Waals surface area contributed by atoms with Gasteiger partial charge in [0, 0.05) is 5.69 Å². The van der Waals surface area contributed by atoms with Crippen LogP contribution >= 0.6 is 0 Å². The summed E-state index contributed by atoms with van der Waals surface area (Å²) in [6, 6.07) is 7.36. The Kier molecular flexibility index (Phi) is 4.65. The molecule has 0 aromatic heterocycles. The van der Waals surface area contributed by atoms with E-state index < -0.39 is 0 Å². The number of rotatable bonds is 4. The first-order valence-corrected chi connectivity index (χ1v) is 7.30. The van der Waals surface area contributed by atoms with Gasteiger partial charge in [-0.3, -0.25) is 4.79 Å². The maximum Gasteiger partial charge on any atom is 0.242 e. The Morgan fingerprint density at radius 1 is 1.40 bits per heavy atom. The Labute approximate surface area is 120 Å². The molecule has 1 aromatic rings. The second-order valence-electron chi connectivity index (χ2n) is 5.93. The van der Waals surface area contributed by atoms with E-state index in [1.165, 1.54) is 0 Å². The molecule has 110 valence electrons. The molecule has 0 bridgehead atoms. The summed E-state index contributed by atoms with van der Waals surface area (Å²) in [5, 5.41) is 6.30. The van der Waals surface area contributed by atoms with Gasteiger partial charge in [0.2, 0.25) is 5.91 Å². The lowest BCUT2D eigenvalue weighted by Crippen LogP contribution is -2.53. The standard InChI is InChI=1S/C16H24N2O2/c1-4-20-13-8-6-12(7-9-13)18-15(19)14-16(2,3)10-5-11-17-14/h6-9,14,17H,4-5,10-11H2,1-3H3,(H,18,19). The third-order valence-corrected chi connectivity index (χ3v) is 3.82. The molecule has 1 heterocycles. The molecular formula is C16H24N2O2. The van der Waals surface area contributed by atoms with E-state index in [4.69, 9.17) is 4.74 Å². The summed E-state index contributed by atoms with van der Waals surface area (Å²) in [6.45, 7) is 7.78. The maximum absolute atomic E-state index is 12.4. The minimum absolute atomic E-state index is 0.00635. The average molecular weight is 276 g/mol. The summed E-state index contributed by atoms with van der Waals surface area (Å²) < 4.78 is 5.39. The zero-order valence-corrected chi connectivity index (χ0v) is 12.5. The number of hydrogen-bond acceptors (Lipinski definition) is 3. The van der Waals surface area contributed by atoms with Gasteiger partial charge in [0.15, 0.2) is 0 Å². The fourth-order valence-corrected chi connectivity index (χ4v) is 2.67. The van der Waals surface area contributed by atoms with E-state index in [-0.39, 0.29) is 17.4 Å². The number of carbonyl (C=O) groups is 1. The van der Waals surface area contributed by atoms with Crippen LogP contribution < -0.4 is 15.4 Å². The molecule has 1 saturated heterocycles. The van der Waals surface area contributed by atoms with Crippen molar-refractivity contribution in [1.29, 1.82) is 0 Å². The quantitative estimate of drug-likeness (QED) is 0.889. The van der Waals surface area contributed by atoms with Gasteiger partial charge >= 0.3 is 0 Å². The van der Waals surface area contributed by atoms with Gasteiger partial charge in [0.25, 0.3) is 0 Å². The number of benzene rings is 1. The zero-order chi connectivity index (χ0) is 14.6. The third kappa shape index (κ3) is 3.51. The molecule has 4 nitrogen and oxygen atoms in total. The largest absolute Gasteiger partial charge is 0.494 e. The lowest BCUT2D eigenvalue weighted by Gasteiger charge is -2.38. The first-order valence-electron chi connectivity index (χ1n) is 7.30. The zero-order valence-electron chi connectivity index (χ0n) is 12.5. The molecule has 1 aromatic carbocycles. The molecule has 20 heavy (non-hydrogen) atoms. The van der Waals surface area contributed by atoms with Crippen molar-refractivity contribution < 1.29 is 9.53 Å². The first-order chi connectivity index (χ1) is 9.53. The molecule has 4 heteroatoms. The van der Waals surface area contributed by atoms with Crippen LogP contribution in [0.5, 0.6) is 5.75 Å². The number of piperidine rings is 1. The molecule has 0 radical (unpaired) electrons. The van der Waals surface area contributed by atoms with Crippen LogP contribution in [0.3, 0.4) is 0 Å². The Hall–Kier alpha value is -1.55. The number of ether oxygens (including phenoxy) is 1. The summed E-state index contributed by atoms with van der Waals surface area (Å²) in [6.07, 6.45) is 2.20. The van der Waals surface area contributed by atoms with Gasteiger partial charge in [-0.2, -0.15) is 0 Å². The summed E-state index contributed by atoms with van der Waals surface area (Å²) in [7, 11) is 0. The number of carbonyl (C=O) groups excluding carboxylic acids is 1. The van der Waals surface area contributed by atoms with Crippen LogP contribution in [0.1, 0.15) is 33.6 Å². The second-order valence-corrected chi connectivity index (χ2v) is 5.93. The van der Waals surface area contributed by atoms with E-state index in [1.807, 2.05) is 31.2 Å². The van der Waals surface area contributed by atoms with Crippen molar-refractivity contribution in [2.45, 2.75) is 39.7 Å². The summed E-state index contributed by atoms with van der Waals surface area (Å²) >= 11 is 0. The van der Waals surface area contributed by atoms with Crippen molar-refractivity contribution in [3.8, 4) is 5.75 Å². The number of nitrogens with one attached hydrogen (secondary N) is 2. The van der Waals surface area contributed by atoms with Gasteiger partial charge in [-0.25, -0.2) is 0 Å². The molecule has 0 spiro atoms. The van der Waals surface area contributed by atoms with Crippen LogP contribution in [-0.2, 0) is 4.79 Å². The van der Waals surface area contributed by atoms with Gasteiger partial charge in [-0.05, 0) is 56.0 Å². The molecular weight excluding hydrogens is 252 g/mol. The molecule has 0 saturated carbocycles. The normalized spacial score (nSPS) is 21.2. The second kappa shape index (κ2) is 6.27. The van der Waals surface area contributed by atoms with E-state index in [0.29, 0.717) is 6.61 Å². The van der Waals surface area contributed by atoms with Crippen LogP contribution in [-0.4, -0.2) is 25.1 Å². The van der Waals surface area contributed by atoms with Gasteiger partial charge in [0.05, 0.1) is 12.6 Å². The monoisotopic (exact) mass is 276 g/mol. The highest BCUT2D eigenvalue weighted by molar-refractivity contribution is 5.95. The van der Waals surface area contributed by atoms with Crippen molar-refractivity contribution in [2.24, 2.45) is 5.41 Å². The predicted molar refractivity (Wildman–Crippen MR) is 81.0 cm³/mol. The first kappa shape index (κ1) is 14.9. The molecule has 2 rings (SSSR count). The summed E-state index contributed by atoms with van der Waals surface area (Å²) in [5.74, 6) is 0.862. The fourth-order valence-electron chi connectivity index (χ4n) is 2.67. The number of anilines is 1. The minimum atomic E-state index is -0.136. The average Bonchev–Trinajstić information content (AvgIpc) is 2.40. The Bertz CT molecular complexity index is 454. The highest BCUT2D eigenvalue weighted by atomic mass is 16.5. The highest BCUT2D eigenvalue weighted by Gasteiger charge is 2.36. The lowest BCUT2D eigenvalue weighted by molar-refractivity contribution is -0.121. The van der Waals surface area contributed by atoms with Crippen molar-refractivity contribution in [3.63, 3.8) is 0 Å². The topological polar surface area (TPSA) is 50.4 Å². The van der Waals surface area contributed by atoms with Crippen molar-refractivity contribution in [2.75, 3.05) is 18.5 Å². The third-order valence-electron chi connectivity index (χ3n) is 3.82. The van der Waals surface area contributed by atoms with Crippen molar-refractivity contribution in [1.82, 2.24) is 5.32 Å². The molecule has 1 unspecified atom stereocenters. The van der Waals surface area contributed by atoms with E-state index in [2.05, 4.69) is 24.5 Å². The SMILES string of the molecule is CCOc1ccc(NC(=O)C2NCCCC2(C)C)cc1. The molecule has 1 amide bonds. The number of amides is 1. The molecule has 1 fully saturated rings.